The van der Waals surface area contributed by atoms with Gasteiger partial charge in [-0.25, -0.2) is 4.98 Å². The molecule has 1 aliphatic carbocycles. The summed E-state index contributed by atoms with van der Waals surface area (Å²) in [5, 5.41) is 2.91. The number of aromatic amines is 2. The van der Waals surface area contributed by atoms with Gasteiger partial charge in [-0.1, -0.05) is 6.07 Å². The number of alkyl halides is 3. The molecule has 0 saturated heterocycles. The Kier molecular flexibility index (Phi) is 4.48. The lowest BCUT2D eigenvalue weighted by Gasteiger charge is -2.17. The highest BCUT2D eigenvalue weighted by atomic mass is 19.4. The molecule has 4 rings (SSSR count). The summed E-state index contributed by atoms with van der Waals surface area (Å²) >= 11 is 0. The molecule has 6 nitrogen and oxygen atoms in total. The first kappa shape index (κ1) is 19.2. The van der Waals surface area contributed by atoms with Gasteiger partial charge in [0.15, 0.2) is 0 Å². The third-order valence-electron chi connectivity index (χ3n) is 5.57. The van der Waals surface area contributed by atoms with Crippen LogP contribution in [0.15, 0.2) is 37.1 Å². The van der Waals surface area contributed by atoms with Gasteiger partial charge in [0.1, 0.15) is 11.4 Å². The van der Waals surface area contributed by atoms with Crippen molar-refractivity contribution in [2.75, 3.05) is 0 Å². The summed E-state index contributed by atoms with van der Waals surface area (Å²) in [7, 11) is 0. The van der Waals surface area contributed by atoms with Gasteiger partial charge in [0.05, 0.1) is 24.3 Å². The molecular weight excluding hydrogens is 383 g/mol. The molecule has 1 amide bonds. The minimum atomic E-state index is -4.46. The minimum Gasteiger partial charge on any atom is -0.357 e. The SMILES string of the molecule is Cc1c(C2(c3ccc(C(F)(F)F)nc3)CC2)c[nH]c1C(=O)NC(C)c1cnc[nH]1. The molecule has 0 aromatic carbocycles. The third kappa shape index (κ3) is 3.41. The van der Waals surface area contributed by atoms with E-state index in [0.29, 0.717) is 5.69 Å². The van der Waals surface area contributed by atoms with E-state index in [1.807, 2.05) is 13.8 Å². The number of nitrogens with zero attached hydrogens (tertiary/aromatic N) is 2. The summed E-state index contributed by atoms with van der Waals surface area (Å²) in [6, 6.07) is 2.25. The molecule has 1 saturated carbocycles. The van der Waals surface area contributed by atoms with Gasteiger partial charge in [-0.05, 0) is 49.4 Å². The van der Waals surface area contributed by atoms with Gasteiger partial charge in [0.25, 0.3) is 5.91 Å². The number of pyridine rings is 1. The van der Waals surface area contributed by atoms with Gasteiger partial charge in [-0.15, -0.1) is 0 Å². The molecule has 9 heteroatoms. The van der Waals surface area contributed by atoms with E-state index >= 15 is 0 Å². The quantitative estimate of drug-likeness (QED) is 0.601. The van der Waals surface area contributed by atoms with Crippen LogP contribution >= 0.6 is 0 Å². The van der Waals surface area contributed by atoms with Crippen LogP contribution in [0, 0.1) is 6.92 Å². The molecule has 0 radical (unpaired) electrons. The maximum absolute atomic E-state index is 12.8. The number of H-pyrrole nitrogens is 2. The molecule has 3 aromatic heterocycles. The number of aromatic nitrogens is 4. The molecule has 3 heterocycles. The molecule has 1 fully saturated rings. The van der Waals surface area contributed by atoms with Crippen molar-refractivity contribution in [2.45, 2.75) is 44.3 Å². The Morgan fingerprint density at radius 3 is 2.55 bits per heavy atom. The van der Waals surface area contributed by atoms with E-state index in [1.54, 1.807) is 18.7 Å². The highest BCUT2D eigenvalue weighted by molar-refractivity contribution is 5.94. The van der Waals surface area contributed by atoms with Gasteiger partial charge in [-0.3, -0.25) is 9.78 Å². The first-order chi connectivity index (χ1) is 13.7. The lowest BCUT2D eigenvalue weighted by Crippen LogP contribution is -2.27. The molecule has 3 aromatic rings. The Morgan fingerprint density at radius 2 is 2.00 bits per heavy atom. The molecule has 1 aliphatic rings. The van der Waals surface area contributed by atoms with Crippen LogP contribution in [0.5, 0.6) is 0 Å². The molecule has 29 heavy (non-hydrogen) atoms. The molecule has 1 unspecified atom stereocenters. The zero-order chi connectivity index (χ0) is 20.8. The number of halogens is 3. The second-order valence-electron chi connectivity index (χ2n) is 7.42. The van der Waals surface area contributed by atoms with E-state index in [-0.39, 0.29) is 11.9 Å². The zero-order valence-electron chi connectivity index (χ0n) is 15.9. The average Bonchev–Trinajstić information content (AvgIpc) is 3.11. The molecule has 0 spiro atoms. The van der Waals surface area contributed by atoms with Crippen molar-refractivity contribution in [3.63, 3.8) is 0 Å². The molecular formula is C20H20F3N5O. The van der Waals surface area contributed by atoms with Crippen molar-refractivity contribution in [3.8, 4) is 0 Å². The largest absolute Gasteiger partial charge is 0.433 e. The second-order valence-corrected chi connectivity index (χ2v) is 7.42. The van der Waals surface area contributed by atoms with Crippen LogP contribution in [0.4, 0.5) is 13.2 Å². The van der Waals surface area contributed by atoms with Crippen LogP contribution in [0.1, 0.15) is 64.4 Å². The van der Waals surface area contributed by atoms with Gasteiger partial charge in [0.2, 0.25) is 0 Å². The Hall–Kier alpha value is -3.10. The monoisotopic (exact) mass is 403 g/mol. The number of nitrogens with one attached hydrogen (secondary N) is 3. The summed E-state index contributed by atoms with van der Waals surface area (Å²) in [4.78, 5) is 26.3. The number of imidazole rings is 1. The summed E-state index contributed by atoms with van der Waals surface area (Å²) in [6.07, 6.45) is 3.39. The van der Waals surface area contributed by atoms with Crippen LogP contribution in [0.25, 0.3) is 0 Å². The maximum atomic E-state index is 12.8. The topological polar surface area (TPSA) is 86.5 Å². The molecule has 152 valence electrons. The van der Waals surface area contributed by atoms with Crippen molar-refractivity contribution in [2.24, 2.45) is 0 Å². The number of hydrogen-bond acceptors (Lipinski definition) is 3. The zero-order valence-corrected chi connectivity index (χ0v) is 15.9. The van der Waals surface area contributed by atoms with Gasteiger partial charge < -0.3 is 15.3 Å². The highest BCUT2D eigenvalue weighted by Crippen LogP contribution is 2.54. The molecule has 0 aliphatic heterocycles. The van der Waals surface area contributed by atoms with Crippen LogP contribution in [0.3, 0.4) is 0 Å². The summed E-state index contributed by atoms with van der Waals surface area (Å²) in [6.45, 7) is 3.69. The predicted octanol–water partition coefficient (Wildman–Crippen LogP) is 4.03. The number of amides is 1. The highest BCUT2D eigenvalue weighted by Gasteiger charge is 2.48. The maximum Gasteiger partial charge on any atom is 0.433 e. The van der Waals surface area contributed by atoms with Crippen LogP contribution in [0.2, 0.25) is 0 Å². The minimum absolute atomic E-state index is 0.245. The van der Waals surface area contributed by atoms with Crippen LogP contribution in [-0.4, -0.2) is 25.8 Å². The van der Waals surface area contributed by atoms with E-state index < -0.39 is 17.3 Å². The number of carbonyl (C=O) groups is 1. The van der Waals surface area contributed by atoms with Crippen molar-refractivity contribution < 1.29 is 18.0 Å². The number of rotatable bonds is 5. The second kappa shape index (κ2) is 6.75. The average molecular weight is 403 g/mol. The predicted molar refractivity (Wildman–Crippen MR) is 99.3 cm³/mol. The number of hydrogen-bond donors (Lipinski definition) is 3. The summed E-state index contributed by atoms with van der Waals surface area (Å²) in [5.41, 5.74) is 2.36. The van der Waals surface area contributed by atoms with E-state index in [1.165, 1.54) is 12.3 Å². The van der Waals surface area contributed by atoms with E-state index in [2.05, 4.69) is 25.3 Å². The van der Waals surface area contributed by atoms with Gasteiger partial charge in [-0.2, -0.15) is 13.2 Å². The third-order valence-corrected chi connectivity index (χ3v) is 5.57. The lowest BCUT2D eigenvalue weighted by molar-refractivity contribution is -0.141. The Labute approximate surface area is 165 Å². The van der Waals surface area contributed by atoms with Crippen molar-refractivity contribution in [1.29, 1.82) is 0 Å². The molecule has 0 bridgehead atoms. The fraction of sp³-hybridized carbons (Fsp3) is 0.350. The first-order valence-corrected chi connectivity index (χ1v) is 9.24. The molecule has 1 atom stereocenters. The Balaban J connectivity index is 1.57. The van der Waals surface area contributed by atoms with E-state index in [4.69, 9.17) is 0 Å². The lowest BCUT2D eigenvalue weighted by atomic mass is 9.88. The van der Waals surface area contributed by atoms with Gasteiger partial charge in [0, 0.05) is 17.8 Å². The summed E-state index contributed by atoms with van der Waals surface area (Å²) in [5.74, 6) is -0.253. The number of carbonyl (C=O) groups excluding carboxylic acids is 1. The normalized spacial score (nSPS) is 16.4. The van der Waals surface area contributed by atoms with Gasteiger partial charge >= 0.3 is 6.18 Å². The first-order valence-electron chi connectivity index (χ1n) is 9.24. The fourth-order valence-electron chi connectivity index (χ4n) is 3.76. The van der Waals surface area contributed by atoms with Crippen molar-refractivity contribution in [1.82, 2.24) is 25.3 Å². The van der Waals surface area contributed by atoms with Crippen LogP contribution < -0.4 is 5.32 Å². The van der Waals surface area contributed by atoms with Crippen molar-refractivity contribution >= 4 is 5.91 Å². The van der Waals surface area contributed by atoms with Crippen molar-refractivity contribution in [3.05, 3.63) is 70.8 Å². The Bertz CT molecular complexity index is 1020. The fourth-order valence-corrected chi connectivity index (χ4v) is 3.76. The van der Waals surface area contributed by atoms with Crippen LogP contribution in [-0.2, 0) is 11.6 Å². The van der Waals surface area contributed by atoms with E-state index in [9.17, 15) is 18.0 Å². The molecule has 3 N–H and O–H groups in total. The standard InChI is InChI=1S/C20H20F3N5O/c1-11-14(8-26-17(11)18(29)28-12(2)15-9-24-10-27-15)19(5-6-19)13-3-4-16(25-7-13)20(21,22)23/h3-4,7-10,12,26H,5-6H2,1-2H3,(H,24,27)(H,28,29). The smallest absolute Gasteiger partial charge is 0.357 e. The van der Waals surface area contributed by atoms with E-state index in [0.717, 1.165) is 41.3 Å². The summed E-state index contributed by atoms with van der Waals surface area (Å²) < 4.78 is 38.4. The Morgan fingerprint density at radius 1 is 1.24 bits per heavy atom.